The normalized spacial score (nSPS) is 17.7. The number of ether oxygens (including phenoxy) is 14. The fourth-order valence-electron chi connectivity index (χ4n) is 13.2. The van der Waals surface area contributed by atoms with Crippen molar-refractivity contribution in [2.75, 3.05) is 70.0 Å². The minimum absolute atomic E-state index is 0.00618. The van der Waals surface area contributed by atoms with Crippen LogP contribution < -0.4 is 29.6 Å². The fraction of sp³-hybridized carbons (Fsp3) is 0.341. The Kier molecular flexibility index (Phi) is 25.9. The molecule has 0 aromatic heterocycles. The zero-order valence-corrected chi connectivity index (χ0v) is 59.7. The van der Waals surface area contributed by atoms with E-state index < -0.39 is 46.5 Å². The van der Waals surface area contributed by atoms with Crippen LogP contribution in [-0.2, 0) is 165 Å². The maximum atomic E-state index is 15.8. The molecule has 0 bridgehead atoms. The second-order valence-electron chi connectivity index (χ2n) is 25.4. The van der Waals surface area contributed by atoms with Crippen molar-refractivity contribution in [3.05, 3.63) is 260 Å². The molecule has 4 unspecified atom stereocenters. The van der Waals surface area contributed by atoms with E-state index in [1.165, 1.54) is 56.9 Å². The van der Waals surface area contributed by atoms with Gasteiger partial charge in [0.1, 0.15) is 0 Å². The molecular formula is C82H88N2O20. The van der Waals surface area contributed by atoms with Crippen molar-refractivity contribution in [1.82, 2.24) is 10.6 Å². The number of benzene rings is 8. The van der Waals surface area contributed by atoms with E-state index in [4.69, 9.17) is 66.3 Å². The summed E-state index contributed by atoms with van der Waals surface area (Å²) in [5.41, 5.74) is 3.95. The molecule has 546 valence electrons. The third kappa shape index (κ3) is 18.0. The Labute approximate surface area is 605 Å². The molecule has 0 saturated heterocycles. The van der Waals surface area contributed by atoms with Gasteiger partial charge in [0, 0.05) is 91.2 Å². The van der Waals surface area contributed by atoms with Crippen molar-refractivity contribution in [3.8, 4) is 23.0 Å². The lowest BCUT2D eigenvalue weighted by Gasteiger charge is -2.42. The SMILES string of the molecule is COc1ccc(C[C@]2(OC(=O)C(=O)O[C@@]3(Cc4ccc(OC)c(OC)c4)NCCc4cc(CC(C=O)(OC)OCc5ccccc5)c(CC(C=O)(OC)OCc5ccccc5)cc43)NCCc3cc(CC(C=O)(OC)OCc4ccccc4)c(CC(C=O)(OC)OCc4ccccc4)cc32)cc1OC. The zero-order chi connectivity index (χ0) is 73.8. The van der Waals surface area contributed by atoms with E-state index in [1.807, 2.05) is 133 Å². The Balaban J connectivity index is 1.12. The van der Waals surface area contributed by atoms with Crippen molar-refractivity contribution in [2.45, 2.75) is 112 Å². The number of methoxy groups -OCH3 is 8. The molecule has 2 aliphatic rings. The first-order valence-corrected chi connectivity index (χ1v) is 33.9. The van der Waals surface area contributed by atoms with E-state index in [0.717, 1.165) is 22.3 Å². The fourth-order valence-corrected chi connectivity index (χ4v) is 13.2. The van der Waals surface area contributed by atoms with Gasteiger partial charge < -0.3 is 66.3 Å². The number of hydrogen-bond donors (Lipinski definition) is 2. The van der Waals surface area contributed by atoms with Crippen LogP contribution in [0.4, 0.5) is 0 Å². The Morgan fingerprint density at radius 3 is 0.894 bits per heavy atom. The van der Waals surface area contributed by atoms with Crippen molar-refractivity contribution < 1.29 is 95.1 Å². The van der Waals surface area contributed by atoms with E-state index in [1.54, 1.807) is 48.5 Å². The zero-order valence-electron chi connectivity index (χ0n) is 59.7. The number of carbonyl (C=O) groups excluding carboxylic acids is 6. The Morgan fingerprint density at radius 2 is 0.635 bits per heavy atom. The van der Waals surface area contributed by atoms with Crippen LogP contribution in [0.3, 0.4) is 0 Å². The quantitative estimate of drug-likeness (QED) is 0.0158. The van der Waals surface area contributed by atoms with E-state index in [0.29, 0.717) is 117 Å². The molecule has 8 aromatic carbocycles. The Hall–Kier alpha value is -9.82. The van der Waals surface area contributed by atoms with Crippen molar-refractivity contribution >= 4 is 37.1 Å². The van der Waals surface area contributed by atoms with Crippen LogP contribution in [0.5, 0.6) is 23.0 Å². The molecule has 6 atom stereocenters. The van der Waals surface area contributed by atoms with E-state index in [9.17, 15) is 19.2 Å². The van der Waals surface area contributed by atoms with Gasteiger partial charge in [-0.2, -0.15) is 0 Å². The van der Waals surface area contributed by atoms with Gasteiger partial charge in [0.2, 0.25) is 23.1 Å². The van der Waals surface area contributed by atoms with Crippen molar-refractivity contribution in [1.29, 1.82) is 0 Å². The summed E-state index contributed by atoms with van der Waals surface area (Å²) >= 11 is 0. The van der Waals surface area contributed by atoms with Gasteiger partial charge in [-0.25, -0.2) is 9.59 Å². The maximum absolute atomic E-state index is 15.8. The molecule has 0 fully saturated rings. The van der Waals surface area contributed by atoms with Gasteiger partial charge in [-0.1, -0.05) is 146 Å². The van der Waals surface area contributed by atoms with Crippen molar-refractivity contribution in [3.63, 3.8) is 0 Å². The summed E-state index contributed by atoms with van der Waals surface area (Å²) in [5, 5.41) is 6.98. The van der Waals surface area contributed by atoms with Crippen LogP contribution in [0.15, 0.2) is 182 Å². The average molecular weight is 1420 g/mol. The molecule has 0 aliphatic carbocycles. The van der Waals surface area contributed by atoms with Gasteiger partial charge in [-0.3, -0.25) is 29.8 Å². The third-order valence-corrected chi connectivity index (χ3v) is 19.0. The molecule has 10 rings (SSSR count). The number of rotatable bonds is 38. The van der Waals surface area contributed by atoms with E-state index in [-0.39, 0.29) is 78.0 Å². The number of nitrogens with one attached hydrogen (secondary N) is 2. The average Bonchev–Trinajstić information content (AvgIpc) is 0.749. The minimum Gasteiger partial charge on any atom is -0.493 e. The summed E-state index contributed by atoms with van der Waals surface area (Å²) in [7, 11) is 11.4. The number of fused-ring (bicyclic) bond motifs is 2. The van der Waals surface area contributed by atoms with Gasteiger partial charge in [0.15, 0.2) is 59.6 Å². The largest absolute Gasteiger partial charge is 0.493 e. The summed E-state index contributed by atoms with van der Waals surface area (Å²) in [6, 6.07) is 54.6. The van der Waals surface area contributed by atoms with Gasteiger partial charge in [-0.15, -0.1) is 0 Å². The topological polar surface area (TPSA) is 256 Å². The summed E-state index contributed by atoms with van der Waals surface area (Å²) in [4.78, 5) is 85.9. The number of esters is 2. The number of carbonyl (C=O) groups is 6. The highest BCUT2D eigenvalue weighted by atomic mass is 16.7. The number of aldehydes is 4. The molecular weight excluding hydrogens is 1330 g/mol. The van der Waals surface area contributed by atoms with Crippen LogP contribution in [-0.4, -0.2) is 130 Å². The first kappa shape index (κ1) is 76.8. The van der Waals surface area contributed by atoms with Crippen LogP contribution in [0.25, 0.3) is 0 Å². The molecule has 0 saturated carbocycles. The third-order valence-electron chi connectivity index (χ3n) is 19.0. The Morgan fingerprint density at radius 1 is 0.356 bits per heavy atom. The molecule has 22 heteroatoms. The second kappa shape index (κ2) is 35.1. The van der Waals surface area contributed by atoms with E-state index >= 15 is 9.59 Å². The monoisotopic (exact) mass is 1420 g/mol. The molecule has 22 nitrogen and oxygen atoms in total. The van der Waals surface area contributed by atoms with Gasteiger partial charge in [0.25, 0.3) is 0 Å². The first-order chi connectivity index (χ1) is 50.5. The molecule has 0 radical (unpaired) electrons. The lowest BCUT2D eigenvalue weighted by Crippen LogP contribution is -2.55. The lowest BCUT2D eigenvalue weighted by molar-refractivity contribution is -0.214. The summed E-state index contributed by atoms with van der Waals surface area (Å²) in [6.45, 7) is 0.234. The van der Waals surface area contributed by atoms with Crippen LogP contribution in [0.2, 0.25) is 0 Å². The van der Waals surface area contributed by atoms with Crippen molar-refractivity contribution in [2.24, 2.45) is 0 Å². The first-order valence-electron chi connectivity index (χ1n) is 33.9. The molecule has 104 heavy (non-hydrogen) atoms. The minimum atomic E-state index is -1.95. The molecule has 0 amide bonds. The summed E-state index contributed by atoms with van der Waals surface area (Å²) < 4.78 is 86.1. The molecule has 8 aromatic rings. The predicted octanol–water partition coefficient (Wildman–Crippen LogP) is 9.79. The molecule has 0 spiro atoms. The van der Waals surface area contributed by atoms with Crippen LogP contribution in [0, 0.1) is 0 Å². The lowest BCUT2D eigenvalue weighted by atomic mass is 9.81. The van der Waals surface area contributed by atoms with Crippen LogP contribution >= 0.6 is 0 Å². The highest BCUT2D eigenvalue weighted by Gasteiger charge is 2.49. The van der Waals surface area contributed by atoms with Gasteiger partial charge in [-0.05, 0) is 116 Å². The maximum Gasteiger partial charge on any atom is 0.419 e. The summed E-state index contributed by atoms with van der Waals surface area (Å²) in [6.07, 6.45) is 1.72. The highest BCUT2D eigenvalue weighted by Crippen LogP contribution is 2.43. The van der Waals surface area contributed by atoms with Gasteiger partial charge >= 0.3 is 11.9 Å². The number of hydrogen-bond acceptors (Lipinski definition) is 22. The van der Waals surface area contributed by atoms with Gasteiger partial charge in [0.05, 0.1) is 54.9 Å². The second-order valence-corrected chi connectivity index (χ2v) is 25.4. The summed E-state index contributed by atoms with van der Waals surface area (Å²) in [5.74, 6) is -9.01. The highest BCUT2D eigenvalue weighted by molar-refractivity contribution is 6.30. The predicted molar refractivity (Wildman–Crippen MR) is 381 cm³/mol. The van der Waals surface area contributed by atoms with Crippen LogP contribution in [0.1, 0.15) is 77.9 Å². The molecule has 2 aliphatic heterocycles. The van der Waals surface area contributed by atoms with E-state index in [2.05, 4.69) is 10.6 Å². The Bertz CT molecular complexity index is 3970. The smallest absolute Gasteiger partial charge is 0.419 e. The molecule has 2 heterocycles. The molecule has 2 N–H and O–H groups in total. The standard InChI is InChI=1S/C82H88N2O20/c1-91-71-31-29-61(37-73(71)93-3)43-81(69-41-67(47-79(55-87,97-7)101-51-59-25-17-11-18-26-59)65(39-63(69)33-35-83-81)45-77(53-85,95-5)99-49-57-21-13-9-14-22-57)103-75(89)76(90)104-82(44-62-30-32-72(92-2)74(38-62)94-4)70-42-68(48-80(56-88,98-8)102-52-60-27-19-12-20-28-60)66(40-64(70)34-36-84-82)46-78(54-86,96-6)100-50-58-23-15-10-16-24-58/h9-32,37-42,53-56,83-84H,33-36,43-52H2,1-8H3/t77?,78?,79?,80?,81-,82-/m1/s1.